The number of benzene rings is 1. The lowest BCUT2D eigenvalue weighted by molar-refractivity contribution is -0.126. The van der Waals surface area contributed by atoms with Crippen molar-refractivity contribution in [3.63, 3.8) is 0 Å². The Morgan fingerprint density at radius 2 is 1.97 bits per heavy atom. The predicted molar refractivity (Wildman–Crippen MR) is 127 cm³/mol. The number of hydrogen-bond acceptors (Lipinski definition) is 9. The molecule has 1 aliphatic rings. The maximum absolute atomic E-state index is 13.7. The van der Waals surface area contributed by atoms with E-state index in [1.54, 1.807) is 23.0 Å². The van der Waals surface area contributed by atoms with Gasteiger partial charge >= 0.3 is 0 Å². The molecule has 0 spiro atoms. The smallest absolute Gasteiger partial charge is 0.252 e. The van der Waals surface area contributed by atoms with Crippen LogP contribution in [0.2, 0.25) is 5.28 Å². The lowest BCUT2D eigenvalue weighted by Crippen LogP contribution is -2.46. The van der Waals surface area contributed by atoms with Crippen molar-refractivity contribution in [1.82, 2.24) is 24.5 Å². The minimum absolute atomic E-state index is 0.0130. The van der Waals surface area contributed by atoms with E-state index >= 15 is 0 Å². The quantitative estimate of drug-likeness (QED) is 0.401. The van der Waals surface area contributed by atoms with Gasteiger partial charge in [0, 0.05) is 6.26 Å². The second-order valence-corrected chi connectivity index (χ2v) is 11.5. The maximum atomic E-state index is 13.7. The van der Waals surface area contributed by atoms with E-state index in [1.807, 2.05) is 0 Å². The number of carbonyl (C=O) groups excluding carboxylic acids is 1. The van der Waals surface area contributed by atoms with Crippen molar-refractivity contribution in [3.05, 3.63) is 29.8 Å². The van der Waals surface area contributed by atoms with Crippen LogP contribution in [-0.2, 0) is 20.2 Å². The molecule has 13 heteroatoms. The number of aromatic nitrogens is 5. The number of nitrogens with one attached hydrogen (secondary N) is 1. The molecule has 0 aliphatic heterocycles. The number of nitrogens with two attached hydrogens (primary N) is 1. The molecular formula is C20H20ClN7O3S2. The lowest BCUT2D eigenvalue weighted by Gasteiger charge is -2.36. The number of rotatable bonds is 4. The fourth-order valence-electron chi connectivity index (χ4n) is 4.32. The second-order valence-electron chi connectivity index (χ2n) is 8.13. The number of anilines is 2. The molecule has 1 saturated carbocycles. The van der Waals surface area contributed by atoms with Crippen molar-refractivity contribution in [3.8, 4) is 0 Å². The Bertz CT molecular complexity index is 1510. The first-order valence-corrected chi connectivity index (χ1v) is 13.3. The topological polar surface area (TPSA) is 146 Å². The third-order valence-electron chi connectivity index (χ3n) is 5.97. The summed E-state index contributed by atoms with van der Waals surface area (Å²) in [4.78, 5) is 31.0. The van der Waals surface area contributed by atoms with Crippen LogP contribution in [0, 0.1) is 0 Å². The van der Waals surface area contributed by atoms with Crippen LogP contribution < -0.4 is 11.1 Å². The van der Waals surface area contributed by atoms with Gasteiger partial charge in [0.1, 0.15) is 11.1 Å². The zero-order valence-corrected chi connectivity index (χ0v) is 20.0. The van der Waals surface area contributed by atoms with Crippen LogP contribution in [0.25, 0.3) is 21.4 Å². The van der Waals surface area contributed by atoms with Crippen molar-refractivity contribution in [1.29, 1.82) is 0 Å². The highest BCUT2D eigenvalue weighted by atomic mass is 35.5. The van der Waals surface area contributed by atoms with Crippen molar-refractivity contribution < 1.29 is 13.2 Å². The van der Waals surface area contributed by atoms with Crippen LogP contribution in [-0.4, -0.2) is 45.1 Å². The summed E-state index contributed by atoms with van der Waals surface area (Å²) in [6.45, 7) is 0. The van der Waals surface area contributed by atoms with E-state index in [4.69, 9.17) is 17.3 Å². The maximum Gasteiger partial charge on any atom is 0.252 e. The van der Waals surface area contributed by atoms with Gasteiger partial charge in [-0.3, -0.25) is 14.7 Å². The SMILES string of the molecule is CS(=O)(=O)c1ccc2nc(NC(=O)C3(n4cnc5c(N)nc(Cl)nc54)CCCCC3)sc2c1. The number of nitrogens with zero attached hydrogens (tertiary/aromatic N) is 5. The number of thiazole rings is 1. The van der Waals surface area contributed by atoms with Gasteiger partial charge in [-0.1, -0.05) is 30.6 Å². The number of imidazole rings is 1. The Labute approximate surface area is 198 Å². The van der Waals surface area contributed by atoms with E-state index < -0.39 is 15.4 Å². The van der Waals surface area contributed by atoms with Crippen LogP contribution in [0.3, 0.4) is 0 Å². The van der Waals surface area contributed by atoms with E-state index in [-0.39, 0.29) is 21.9 Å². The molecule has 0 unspecified atom stereocenters. The lowest BCUT2D eigenvalue weighted by atomic mass is 9.80. The van der Waals surface area contributed by atoms with Crippen molar-refractivity contribution in [2.24, 2.45) is 0 Å². The van der Waals surface area contributed by atoms with E-state index in [2.05, 4.69) is 25.3 Å². The fourth-order valence-corrected chi connectivity index (χ4v) is 6.12. The molecule has 1 fully saturated rings. The Kier molecular flexibility index (Phi) is 5.26. The monoisotopic (exact) mass is 505 g/mol. The molecule has 1 amide bonds. The molecule has 33 heavy (non-hydrogen) atoms. The van der Waals surface area contributed by atoms with Gasteiger partial charge in [0.15, 0.2) is 26.4 Å². The van der Waals surface area contributed by atoms with Gasteiger partial charge in [-0.15, -0.1) is 0 Å². The molecule has 3 N–H and O–H groups in total. The first-order chi connectivity index (χ1) is 15.7. The molecule has 0 atom stereocenters. The summed E-state index contributed by atoms with van der Waals surface area (Å²) in [5.74, 6) is -0.0832. The summed E-state index contributed by atoms with van der Waals surface area (Å²) < 4.78 is 26.2. The average molecular weight is 506 g/mol. The minimum atomic E-state index is -3.34. The number of nitrogen functional groups attached to an aromatic ring is 1. The van der Waals surface area contributed by atoms with Crippen LogP contribution in [0.1, 0.15) is 32.1 Å². The third-order valence-corrected chi connectivity index (χ3v) is 8.18. The van der Waals surface area contributed by atoms with Crippen molar-refractivity contribution >= 4 is 71.0 Å². The summed E-state index contributed by atoms with van der Waals surface area (Å²) in [7, 11) is -3.34. The molecule has 3 heterocycles. The first-order valence-electron chi connectivity index (χ1n) is 10.3. The highest BCUT2D eigenvalue weighted by Gasteiger charge is 2.43. The largest absolute Gasteiger partial charge is 0.382 e. The van der Waals surface area contributed by atoms with Crippen molar-refractivity contribution in [2.75, 3.05) is 17.3 Å². The van der Waals surface area contributed by atoms with Gasteiger partial charge in [-0.05, 0) is 42.6 Å². The second kappa shape index (κ2) is 7.89. The van der Waals surface area contributed by atoms with Gasteiger partial charge < -0.3 is 5.73 Å². The standard InChI is InChI=1S/C20H20ClN7O3S2/c1-33(30,31)11-5-6-12-13(9-11)32-19(24-12)27-17(29)20(7-3-2-4-8-20)28-10-23-14-15(22)25-18(21)26-16(14)28/h5-6,9-10H,2-4,7-8H2,1H3,(H2,22,25,26)(H,24,27,29). The predicted octanol–water partition coefficient (Wildman–Crippen LogP) is 3.37. The third kappa shape index (κ3) is 3.81. The number of carbonyl (C=O) groups is 1. The normalized spacial score (nSPS) is 16.3. The molecule has 1 aromatic carbocycles. The molecule has 1 aliphatic carbocycles. The zero-order valence-electron chi connectivity index (χ0n) is 17.6. The molecule has 0 radical (unpaired) electrons. The summed E-state index contributed by atoms with van der Waals surface area (Å²) in [6.07, 6.45) is 6.65. The highest BCUT2D eigenvalue weighted by molar-refractivity contribution is 7.90. The number of fused-ring (bicyclic) bond motifs is 2. The van der Waals surface area contributed by atoms with Crippen LogP contribution in [0.4, 0.5) is 10.9 Å². The zero-order chi connectivity index (χ0) is 23.4. The summed E-state index contributed by atoms with van der Waals surface area (Å²) >= 11 is 7.27. The van der Waals surface area contributed by atoms with Gasteiger partial charge in [-0.25, -0.2) is 18.4 Å². The molecule has 3 aromatic heterocycles. The number of halogens is 1. The van der Waals surface area contributed by atoms with Gasteiger partial charge in [-0.2, -0.15) is 9.97 Å². The summed E-state index contributed by atoms with van der Waals surface area (Å²) in [6, 6.07) is 4.72. The van der Waals surface area contributed by atoms with Crippen LogP contribution >= 0.6 is 22.9 Å². The summed E-state index contributed by atoms with van der Waals surface area (Å²) in [5.41, 5.74) is 6.44. The highest BCUT2D eigenvalue weighted by Crippen LogP contribution is 2.39. The van der Waals surface area contributed by atoms with Crippen LogP contribution in [0.5, 0.6) is 0 Å². The molecule has 10 nitrogen and oxygen atoms in total. The van der Waals surface area contributed by atoms with Gasteiger partial charge in [0.05, 0.1) is 21.4 Å². The number of amides is 1. The number of sulfone groups is 1. The fraction of sp³-hybridized carbons (Fsp3) is 0.350. The van der Waals surface area contributed by atoms with E-state index in [1.165, 1.54) is 17.4 Å². The Balaban J connectivity index is 1.55. The summed E-state index contributed by atoms with van der Waals surface area (Å²) in [5, 5.41) is 3.32. The van der Waals surface area contributed by atoms with Gasteiger partial charge in [0.25, 0.3) is 5.91 Å². The Morgan fingerprint density at radius 3 is 2.70 bits per heavy atom. The Hall–Kier alpha value is -2.83. The number of hydrogen-bond donors (Lipinski definition) is 2. The molecular weight excluding hydrogens is 486 g/mol. The minimum Gasteiger partial charge on any atom is -0.382 e. The Morgan fingerprint density at radius 1 is 1.21 bits per heavy atom. The van der Waals surface area contributed by atoms with Crippen LogP contribution in [0.15, 0.2) is 29.4 Å². The van der Waals surface area contributed by atoms with Gasteiger partial charge in [0.2, 0.25) is 5.28 Å². The van der Waals surface area contributed by atoms with E-state index in [9.17, 15) is 13.2 Å². The first kappa shape index (κ1) is 22.0. The molecule has 0 saturated heterocycles. The molecule has 0 bridgehead atoms. The van der Waals surface area contributed by atoms with E-state index in [0.717, 1.165) is 25.5 Å². The molecule has 4 aromatic rings. The molecule has 172 valence electrons. The average Bonchev–Trinajstić information content (AvgIpc) is 3.36. The van der Waals surface area contributed by atoms with Crippen molar-refractivity contribution in [2.45, 2.75) is 42.5 Å². The molecule has 5 rings (SSSR count). The van der Waals surface area contributed by atoms with E-state index in [0.29, 0.717) is 39.4 Å².